The minimum Gasteiger partial charge on any atom is -0.493 e. The van der Waals surface area contributed by atoms with Crippen LogP contribution in [0.15, 0.2) is 18.2 Å². The molecule has 0 saturated carbocycles. The van der Waals surface area contributed by atoms with Gasteiger partial charge in [-0.25, -0.2) is 0 Å². The van der Waals surface area contributed by atoms with Crippen molar-refractivity contribution in [2.45, 2.75) is 27.7 Å². The fourth-order valence-corrected chi connectivity index (χ4v) is 1.98. The Morgan fingerprint density at radius 3 is 2.14 bits per heavy atom. The number of hydrogen-bond acceptors (Lipinski definition) is 4. The highest BCUT2D eigenvalue weighted by molar-refractivity contribution is 5.51. The molecular weight excluding hydrogens is 266 g/mol. The number of nitrogens with one attached hydrogen (secondary N) is 1. The monoisotopic (exact) mass is 295 g/mol. The van der Waals surface area contributed by atoms with Crippen molar-refractivity contribution < 1.29 is 14.2 Å². The summed E-state index contributed by atoms with van der Waals surface area (Å²) in [4.78, 5) is 0. The molecule has 1 N–H and O–H groups in total. The summed E-state index contributed by atoms with van der Waals surface area (Å²) >= 11 is 0. The molecular formula is C17H29NO3. The Labute approximate surface area is 128 Å². The summed E-state index contributed by atoms with van der Waals surface area (Å²) in [5.74, 6) is 2.70. The van der Waals surface area contributed by atoms with Gasteiger partial charge in [0.05, 0.1) is 20.8 Å². The molecule has 1 aromatic carbocycles. The number of rotatable bonds is 9. The van der Waals surface area contributed by atoms with E-state index in [9.17, 15) is 0 Å². The standard InChI is InChI=1S/C17H29NO3/c1-13(2)10-18-11-17(3,4)12-21-16-14(19-5)8-7-9-15(16)20-6/h7-9,13,18H,10-12H2,1-6H3. The summed E-state index contributed by atoms with van der Waals surface area (Å²) in [7, 11) is 3.27. The van der Waals surface area contributed by atoms with Gasteiger partial charge < -0.3 is 19.5 Å². The summed E-state index contributed by atoms with van der Waals surface area (Å²) in [6.07, 6.45) is 0. The van der Waals surface area contributed by atoms with Crippen LogP contribution in [0.1, 0.15) is 27.7 Å². The molecule has 0 unspecified atom stereocenters. The Morgan fingerprint density at radius 2 is 1.67 bits per heavy atom. The first-order valence-electron chi connectivity index (χ1n) is 7.44. The molecule has 0 aliphatic carbocycles. The maximum absolute atomic E-state index is 5.98. The van der Waals surface area contributed by atoms with Crippen LogP contribution >= 0.6 is 0 Å². The number of benzene rings is 1. The average Bonchev–Trinajstić information content (AvgIpc) is 2.44. The smallest absolute Gasteiger partial charge is 0.203 e. The first-order chi connectivity index (χ1) is 9.89. The molecule has 0 amide bonds. The largest absolute Gasteiger partial charge is 0.493 e. The van der Waals surface area contributed by atoms with Gasteiger partial charge in [-0.1, -0.05) is 33.8 Å². The zero-order valence-corrected chi connectivity index (χ0v) is 14.2. The average molecular weight is 295 g/mol. The molecule has 1 rings (SSSR count). The van der Waals surface area contributed by atoms with Gasteiger partial charge in [-0.2, -0.15) is 0 Å². The van der Waals surface area contributed by atoms with Crippen LogP contribution in [0, 0.1) is 11.3 Å². The maximum Gasteiger partial charge on any atom is 0.203 e. The number of methoxy groups -OCH3 is 2. The summed E-state index contributed by atoms with van der Waals surface area (Å²) < 4.78 is 16.7. The predicted octanol–water partition coefficient (Wildman–Crippen LogP) is 3.35. The van der Waals surface area contributed by atoms with Crippen molar-refractivity contribution in [2.24, 2.45) is 11.3 Å². The Kier molecular flexibility index (Phi) is 6.82. The van der Waals surface area contributed by atoms with Crippen LogP contribution in [0.4, 0.5) is 0 Å². The zero-order chi connectivity index (χ0) is 15.9. The summed E-state index contributed by atoms with van der Waals surface area (Å²) in [6, 6.07) is 5.64. The molecule has 4 heteroatoms. The summed E-state index contributed by atoms with van der Waals surface area (Å²) in [5, 5.41) is 3.48. The second-order valence-electron chi connectivity index (χ2n) is 6.47. The Morgan fingerprint density at radius 1 is 1.10 bits per heavy atom. The van der Waals surface area contributed by atoms with Gasteiger partial charge in [0, 0.05) is 12.0 Å². The van der Waals surface area contributed by atoms with Gasteiger partial charge >= 0.3 is 0 Å². The summed E-state index contributed by atoms with van der Waals surface area (Å²) in [6.45, 7) is 11.3. The molecule has 0 spiro atoms. The van der Waals surface area contributed by atoms with E-state index in [1.165, 1.54) is 0 Å². The number of para-hydroxylation sites is 1. The van der Waals surface area contributed by atoms with Crippen molar-refractivity contribution in [1.29, 1.82) is 0 Å². The lowest BCUT2D eigenvalue weighted by molar-refractivity contribution is 0.165. The van der Waals surface area contributed by atoms with Crippen LogP contribution in [0.2, 0.25) is 0 Å². The molecule has 1 aromatic rings. The molecule has 4 nitrogen and oxygen atoms in total. The Balaban J connectivity index is 2.65. The molecule has 120 valence electrons. The fraction of sp³-hybridized carbons (Fsp3) is 0.647. The third-order valence-corrected chi connectivity index (χ3v) is 3.15. The van der Waals surface area contributed by atoms with Crippen LogP contribution in [-0.2, 0) is 0 Å². The SMILES string of the molecule is COc1cccc(OC)c1OCC(C)(C)CNCC(C)C. The lowest BCUT2D eigenvalue weighted by atomic mass is 9.94. The molecule has 0 radical (unpaired) electrons. The van der Waals surface area contributed by atoms with E-state index in [0.29, 0.717) is 29.8 Å². The Bertz CT molecular complexity index is 408. The van der Waals surface area contributed by atoms with E-state index in [-0.39, 0.29) is 5.41 Å². The van der Waals surface area contributed by atoms with Crippen LogP contribution < -0.4 is 19.5 Å². The van der Waals surface area contributed by atoms with Crippen molar-refractivity contribution >= 4 is 0 Å². The molecule has 0 bridgehead atoms. The quantitative estimate of drug-likeness (QED) is 0.758. The maximum atomic E-state index is 5.98. The molecule has 0 fully saturated rings. The summed E-state index contributed by atoms with van der Waals surface area (Å²) in [5.41, 5.74) is 0.0285. The highest BCUT2D eigenvalue weighted by Gasteiger charge is 2.21. The first kappa shape index (κ1) is 17.6. The van der Waals surface area contributed by atoms with E-state index in [0.717, 1.165) is 13.1 Å². The topological polar surface area (TPSA) is 39.7 Å². The minimum absolute atomic E-state index is 0.0285. The lowest BCUT2D eigenvalue weighted by Gasteiger charge is -2.26. The van der Waals surface area contributed by atoms with E-state index >= 15 is 0 Å². The van der Waals surface area contributed by atoms with Crippen molar-refractivity contribution in [3.8, 4) is 17.2 Å². The van der Waals surface area contributed by atoms with Gasteiger partial charge in [0.1, 0.15) is 0 Å². The third kappa shape index (κ3) is 5.84. The van der Waals surface area contributed by atoms with E-state index in [2.05, 4.69) is 33.0 Å². The Hall–Kier alpha value is -1.42. The zero-order valence-electron chi connectivity index (χ0n) is 14.2. The van der Waals surface area contributed by atoms with Gasteiger partial charge in [0.15, 0.2) is 11.5 Å². The van der Waals surface area contributed by atoms with E-state index < -0.39 is 0 Å². The second-order valence-corrected chi connectivity index (χ2v) is 6.47. The van der Waals surface area contributed by atoms with E-state index in [4.69, 9.17) is 14.2 Å². The van der Waals surface area contributed by atoms with Crippen molar-refractivity contribution in [1.82, 2.24) is 5.32 Å². The molecule has 0 heterocycles. The van der Waals surface area contributed by atoms with Crippen LogP contribution in [0.25, 0.3) is 0 Å². The normalized spacial score (nSPS) is 11.6. The van der Waals surface area contributed by atoms with Gasteiger partial charge in [0.2, 0.25) is 5.75 Å². The van der Waals surface area contributed by atoms with Gasteiger partial charge in [0.25, 0.3) is 0 Å². The molecule has 0 aromatic heterocycles. The van der Waals surface area contributed by atoms with Crippen LogP contribution in [0.5, 0.6) is 17.2 Å². The van der Waals surface area contributed by atoms with Crippen LogP contribution in [-0.4, -0.2) is 33.9 Å². The molecule has 0 atom stereocenters. The predicted molar refractivity (Wildman–Crippen MR) is 86.5 cm³/mol. The van der Waals surface area contributed by atoms with Gasteiger partial charge in [-0.05, 0) is 24.6 Å². The number of ether oxygens (including phenoxy) is 3. The van der Waals surface area contributed by atoms with Gasteiger partial charge in [-0.3, -0.25) is 0 Å². The lowest BCUT2D eigenvalue weighted by Crippen LogP contribution is -2.36. The molecule has 0 aliphatic heterocycles. The van der Waals surface area contributed by atoms with Crippen molar-refractivity contribution in [3.63, 3.8) is 0 Å². The fourth-order valence-electron chi connectivity index (χ4n) is 1.98. The number of hydrogen-bond donors (Lipinski definition) is 1. The second kappa shape index (κ2) is 8.13. The van der Waals surface area contributed by atoms with E-state index in [1.807, 2.05) is 18.2 Å². The van der Waals surface area contributed by atoms with Crippen molar-refractivity contribution in [3.05, 3.63) is 18.2 Å². The van der Waals surface area contributed by atoms with Gasteiger partial charge in [-0.15, -0.1) is 0 Å². The highest BCUT2D eigenvalue weighted by atomic mass is 16.5. The van der Waals surface area contributed by atoms with Crippen molar-refractivity contribution in [2.75, 3.05) is 33.9 Å². The molecule has 0 saturated heterocycles. The first-order valence-corrected chi connectivity index (χ1v) is 7.44. The molecule has 21 heavy (non-hydrogen) atoms. The van der Waals surface area contributed by atoms with E-state index in [1.54, 1.807) is 14.2 Å². The molecule has 0 aliphatic rings. The third-order valence-electron chi connectivity index (χ3n) is 3.15. The highest BCUT2D eigenvalue weighted by Crippen LogP contribution is 2.37. The minimum atomic E-state index is 0.0285. The van der Waals surface area contributed by atoms with Crippen LogP contribution in [0.3, 0.4) is 0 Å².